The van der Waals surface area contributed by atoms with Gasteiger partial charge in [0.2, 0.25) is 0 Å². The fraction of sp³-hybridized carbons (Fsp3) is 0.200. The molecule has 2 N–H and O–H groups in total. The first-order chi connectivity index (χ1) is 14.8. The lowest BCUT2D eigenvalue weighted by Gasteiger charge is -2.19. The van der Waals surface area contributed by atoms with E-state index in [9.17, 15) is 9.59 Å². The summed E-state index contributed by atoms with van der Waals surface area (Å²) in [7, 11) is 1.58. The van der Waals surface area contributed by atoms with Crippen LogP contribution < -0.4 is 15.4 Å². The average Bonchev–Trinajstić information content (AvgIpc) is 3.26. The molecule has 6 heteroatoms. The molecule has 2 aromatic carbocycles. The van der Waals surface area contributed by atoms with Crippen LogP contribution in [0, 0.1) is 0 Å². The van der Waals surface area contributed by atoms with Gasteiger partial charge in [0, 0.05) is 16.1 Å². The Kier molecular flexibility index (Phi) is 6.92. The van der Waals surface area contributed by atoms with Gasteiger partial charge in [-0.05, 0) is 64.9 Å². The molecule has 160 valence electrons. The van der Waals surface area contributed by atoms with E-state index in [-0.39, 0.29) is 17.0 Å². The molecule has 0 atom stereocenters. The summed E-state index contributed by atoms with van der Waals surface area (Å²) in [5.41, 5.74) is 2.39. The number of anilines is 1. The van der Waals surface area contributed by atoms with Gasteiger partial charge in [0.1, 0.15) is 11.4 Å². The van der Waals surface area contributed by atoms with Gasteiger partial charge in [-0.3, -0.25) is 9.59 Å². The molecule has 31 heavy (non-hydrogen) atoms. The van der Waals surface area contributed by atoms with E-state index in [2.05, 4.69) is 31.4 Å². The van der Waals surface area contributed by atoms with Crippen LogP contribution in [-0.2, 0) is 10.2 Å². The number of carbonyl (C=O) groups is 2. The summed E-state index contributed by atoms with van der Waals surface area (Å²) in [5, 5.41) is 7.50. The molecular formula is C25H26N2O3S. The summed E-state index contributed by atoms with van der Waals surface area (Å²) in [6.07, 6.45) is 1.67. The molecule has 0 saturated heterocycles. The Morgan fingerprint density at radius 1 is 0.968 bits per heavy atom. The van der Waals surface area contributed by atoms with E-state index in [1.807, 2.05) is 29.6 Å². The van der Waals surface area contributed by atoms with Crippen LogP contribution in [0.5, 0.6) is 5.75 Å². The first kappa shape index (κ1) is 22.3. The summed E-state index contributed by atoms with van der Waals surface area (Å²) >= 11 is 1.48. The molecular weight excluding hydrogens is 408 g/mol. The minimum Gasteiger partial charge on any atom is -0.497 e. The van der Waals surface area contributed by atoms with Crippen LogP contribution in [0.2, 0.25) is 0 Å². The second-order valence-corrected chi connectivity index (χ2v) is 9.02. The van der Waals surface area contributed by atoms with E-state index in [4.69, 9.17) is 4.74 Å². The maximum absolute atomic E-state index is 12.9. The lowest BCUT2D eigenvalue weighted by Crippen LogP contribution is -2.30. The number of amides is 2. The predicted octanol–water partition coefficient (Wildman–Crippen LogP) is 5.46. The van der Waals surface area contributed by atoms with Crippen LogP contribution in [-0.4, -0.2) is 18.9 Å². The van der Waals surface area contributed by atoms with E-state index in [1.54, 1.807) is 49.6 Å². The van der Waals surface area contributed by atoms with Gasteiger partial charge >= 0.3 is 0 Å². The van der Waals surface area contributed by atoms with Crippen LogP contribution in [0.15, 0.2) is 71.7 Å². The fourth-order valence-electron chi connectivity index (χ4n) is 2.86. The van der Waals surface area contributed by atoms with Crippen molar-refractivity contribution in [2.45, 2.75) is 26.2 Å². The maximum Gasteiger partial charge on any atom is 0.272 e. The van der Waals surface area contributed by atoms with Crippen molar-refractivity contribution in [3.05, 3.63) is 87.7 Å². The second-order valence-electron chi connectivity index (χ2n) is 8.04. The summed E-state index contributed by atoms with van der Waals surface area (Å²) in [6, 6.07) is 18.2. The molecule has 2 amide bonds. The highest BCUT2D eigenvalue weighted by molar-refractivity contribution is 7.10. The summed E-state index contributed by atoms with van der Waals surface area (Å²) in [6.45, 7) is 6.36. The number of nitrogens with one attached hydrogen (secondary N) is 2. The van der Waals surface area contributed by atoms with Crippen LogP contribution >= 0.6 is 11.3 Å². The molecule has 0 fully saturated rings. The standard InChI is InChI=1S/C25H26N2O3S/c1-25(2,3)18-9-7-17(8-10-18)23(28)27-22(16-21-6-5-15-31-21)24(29)26-19-11-13-20(30-4)14-12-19/h5-16H,1-4H3,(H,26,29)(H,27,28)/b22-16-. The number of carbonyl (C=O) groups excluding carboxylic acids is 2. The lowest BCUT2D eigenvalue weighted by atomic mass is 9.87. The molecule has 3 rings (SSSR count). The molecule has 0 spiro atoms. The number of hydrogen-bond acceptors (Lipinski definition) is 4. The first-order valence-corrected chi connectivity index (χ1v) is 10.8. The number of rotatable bonds is 6. The zero-order valence-electron chi connectivity index (χ0n) is 18.1. The SMILES string of the molecule is COc1ccc(NC(=O)/C(=C/c2cccs2)NC(=O)c2ccc(C(C)(C)C)cc2)cc1. The van der Waals surface area contributed by atoms with Gasteiger partial charge in [-0.1, -0.05) is 39.0 Å². The van der Waals surface area contributed by atoms with Crippen molar-refractivity contribution in [1.29, 1.82) is 0 Å². The van der Waals surface area contributed by atoms with Crippen LogP contribution in [0.25, 0.3) is 6.08 Å². The first-order valence-electron chi connectivity index (χ1n) is 9.89. The van der Waals surface area contributed by atoms with E-state index < -0.39 is 5.91 Å². The molecule has 5 nitrogen and oxygen atoms in total. The van der Waals surface area contributed by atoms with E-state index in [1.165, 1.54) is 11.3 Å². The largest absolute Gasteiger partial charge is 0.497 e. The molecule has 1 aromatic heterocycles. The third-order valence-electron chi connectivity index (χ3n) is 4.68. The summed E-state index contributed by atoms with van der Waals surface area (Å²) in [5.74, 6) is -0.0502. The van der Waals surface area contributed by atoms with E-state index >= 15 is 0 Å². The van der Waals surface area contributed by atoms with Crippen LogP contribution in [0.1, 0.15) is 41.6 Å². The van der Waals surface area contributed by atoms with E-state index in [0.717, 1.165) is 10.4 Å². The molecule has 0 bridgehead atoms. The zero-order chi connectivity index (χ0) is 22.4. The molecule has 0 aliphatic carbocycles. The highest BCUT2D eigenvalue weighted by atomic mass is 32.1. The Morgan fingerprint density at radius 3 is 2.19 bits per heavy atom. The summed E-state index contributed by atoms with van der Waals surface area (Å²) in [4.78, 5) is 26.6. The van der Waals surface area contributed by atoms with Crippen LogP contribution in [0.4, 0.5) is 5.69 Å². The molecule has 0 aliphatic heterocycles. The van der Waals surface area contributed by atoms with Gasteiger partial charge in [-0.15, -0.1) is 11.3 Å². The van der Waals surface area contributed by atoms with Gasteiger partial charge in [0.05, 0.1) is 7.11 Å². The lowest BCUT2D eigenvalue weighted by molar-refractivity contribution is -0.113. The minimum absolute atomic E-state index is 0.00249. The monoisotopic (exact) mass is 434 g/mol. The molecule has 3 aromatic rings. The molecule has 0 unspecified atom stereocenters. The number of methoxy groups -OCH3 is 1. The molecule has 1 heterocycles. The molecule has 0 saturated carbocycles. The van der Waals surface area contributed by atoms with Crippen molar-refractivity contribution < 1.29 is 14.3 Å². The normalized spacial score (nSPS) is 11.7. The predicted molar refractivity (Wildman–Crippen MR) is 127 cm³/mol. The smallest absolute Gasteiger partial charge is 0.272 e. The number of ether oxygens (including phenoxy) is 1. The highest BCUT2D eigenvalue weighted by Gasteiger charge is 2.17. The van der Waals surface area contributed by atoms with Gasteiger partial charge in [0.25, 0.3) is 11.8 Å². The minimum atomic E-state index is -0.404. The molecule has 0 radical (unpaired) electrons. The average molecular weight is 435 g/mol. The molecule has 0 aliphatic rings. The van der Waals surface area contributed by atoms with Crippen molar-refractivity contribution >= 4 is 34.9 Å². The van der Waals surface area contributed by atoms with Crippen LogP contribution in [0.3, 0.4) is 0 Å². The second kappa shape index (κ2) is 9.62. The highest BCUT2D eigenvalue weighted by Crippen LogP contribution is 2.22. The van der Waals surface area contributed by atoms with Crippen molar-refractivity contribution in [2.24, 2.45) is 0 Å². The Bertz CT molecular complexity index is 1060. The quantitative estimate of drug-likeness (QED) is 0.506. The van der Waals surface area contributed by atoms with Gasteiger partial charge < -0.3 is 15.4 Å². The maximum atomic E-state index is 12.9. The Balaban J connectivity index is 1.80. The van der Waals surface area contributed by atoms with Crippen molar-refractivity contribution in [3.8, 4) is 5.75 Å². The van der Waals surface area contributed by atoms with Crippen molar-refractivity contribution in [3.63, 3.8) is 0 Å². The summed E-state index contributed by atoms with van der Waals surface area (Å²) < 4.78 is 5.14. The number of hydrogen-bond donors (Lipinski definition) is 2. The number of benzene rings is 2. The van der Waals surface area contributed by atoms with Gasteiger partial charge in [-0.25, -0.2) is 0 Å². The van der Waals surface area contributed by atoms with Gasteiger partial charge in [0.15, 0.2) is 0 Å². The van der Waals surface area contributed by atoms with E-state index in [0.29, 0.717) is 17.0 Å². The van der Waals surface area contributed by atoms with Gasteiger partial charge in [-0.2, -0.15) is 0 Å². The fourth-order valence-corrected chi connectivity index (χ4v) is 3.52. The van der Waals surface area contributed by atoms with Crippen molar-refractivity contribution in [1.82, 2.24) is 5.32 Å². The Hall–Kier alpha value is -3.38. The Labute approximate surface area is 186 Å². The third-order valence-corrected chi connectivity index (χ3v) is 5.50. The zero-order valence-corrected chi connectivity index (χ0v) is 18.9. The Morgan fingerprint density at radius 2 is 1.65 bits per heavy atom. The number of thiophene rings is 1. The topological polar surface area (TPSA) is 67.4 Å². The third kappa shape index (κ3) is 6.06. The van der Waals surface area contributed by atoms with Crippen molar-refractivity contribution in [2.75, 3.05) is 12.4 Å².